The molecule has 21 heavy (non-hydrogen) atoms. The second-order valence-corrected chi connectivity index (χ2v) is 5.30. The molecule has 110 valence electrons. The highest BCUT2D eigenvalue weighted by Gasteiger charge is 2.67. The Morgan fingerprint density at radius 2 is 1.67 bits per heavy atom. The number of benzene rings is 1. The number of imide groups is 1. The van der Waals surface area contributed by atoms with Gasteiger partial charge >= 0.3 is 5.97 Å². The van der Waals surface area contributed by atoms with Gasteiger partial charge < -0.3 is 4.84 Å². The van der Waals surface area contributed by atoms with Crippen molar-refractivity contribution < 1.29 is 28.0 Å². The molecule has 1 fully saturated rings. The molecule has 1 aromatic carbocycles. The van der Waals surface area contributed by atoms with Crippen LogP contribution >= 0.6 is 0 Å². The van der Waals surface area contributed by atoms with E-state index in [9.17, 15) is 23.2 Å². The number of hydroxylamine groups is 2. The molecule has 1 aliphatic carbocycles. The standard InChI is InChI=1S/C14H11F2NO4/c1-13(15,16)14(6-7-14)12(20)21-17-10(18)8-4-2-3-5-9(8)11(17)19/h2-5H,6-7H2,1H3. The number of nitrogens with zero attached hydrogens (tertiary/aromatic N) is 1. The van der Waals surface area contributed by atoms with Crippen LogP contribution in [0.1, 0.15) is 40.5 Å². The fourth-order valence-corrected chi connectivity index (χ4v) is 2.37. The molecular weight excluding hydrogens is 284 g/mol. The zero-order valence-corrected chi connectivity index (χ0v) is 11.1. The van der Waals surface area contributed by atoms with Gasteiger partial charge in [0.05, 0.1) is 11.1 Å². The van der Waals surface area contributed by atoms with Crippen molar-refractivity contribution in [2.75, 3.05) is 0 Å². The number of fused-ring (bicyclic) bond motifs is 1. The van der Waals surface area contributed by atoms with Crippen LogP contribution in [0.4, 0.5) is 8.78 Å². The molecule has 0 radical (unpaired) electrons. The summed E-state index contributed by atoms with van der Waals surface area (Å²) in [5.41, 5.74) is -1.76. The van der Waals surface area contributed by atoms with Gasteiger partial charge in [-0.2, -0.15) is 0 Å². The van der Waals surface area contributed by atoms with Gasteiger partial charge in [0.1, 0.15) is 5.41 Å². The lowest BCUT2D eigenvalue weighted by molar-refractivity contribution is -0.189. The Bertz CT molecular complexity index is 626. The van der Waals surface area contributed by atoms with Gasteiger partial charge in [0.2, 0.25) is 0 Å². The Morgan fingerprint density at radius 1 is 1.19 bits per heavy atom. The van der Waals surface area contributed by atoms with Crippen molar-refractivity contribution in [3.05, 3.63) is 35.4 Å². The van der Waals surface area contributed by atoms with Crippen LogP contribution in [0.5, 0.6) is 0 Å². The molecule has 1 aromatic rings. The van der Waals surface area contributed by atoms with E-state index in [1.54, 1.807) is 12.1 Å². The largest absolute Gasteiger partial charge is 0.345 e. The molecule has 0 bridgehead atoms. The summed E-state index contributed by atoms with van der Waals surface area (Å²) in [6.07, 6.45) is -0.0585. The van der Waals surface area contributed by atoms with Crippen molar-refractivity contribution in [2.45, 2.75) is 25.7 Å². The summed E-state index contributed by atoms with van der Waals surface area (Å²) in [5.74, 6) is -6.15. The second-order valence-electron chi connectivity index (χ2n) is 5.30. The smallest absolute Gasteiger partial charge is 0.329 e. The third-order valence-corrected chi connectivity index (χ3v) is 3.91. The van der Waals surface area contributed by atoms with Crippen molar-refractivity contribution in [1.29, 1.82) is 0 Å². The number of alkyl halides is 2. The predicted molar refractivity (Wildman–Crippen MR) is 65.3 cm³/mol. The van der Waals surface area contributed by atoms with Gasteiger partial charge in [-0.1, -0.05) is 17.2 Å². The number of carbonyl (C=O) groups excluding carboxylic acids is 3. The molecule has 1 heterocycles. The average molecular weight is 295 g/mol. The second kappa shape index (κ2) is 4.09. The summed E-state index contributed by atoms with van der Waals surface area (Å²) < 4.78 is 26.9. The quantitative estimate of drug-likeness (QED) is 0.802. The predicted octanol–water partition coefficient (Wildman–Crippen LogP) is 2.18. The van der Waals surface area contributed by atoms with E-state index in [2.05, 4.69) is 4.84 Å². The number of halogens is 2. The lowest BCUT2D eigenvalue weighted by atomic mass is 10.0. The number of carbonyl (C=O) groups is 3. The van der Waals surface area contributed by atoms with Crippen LogP contribution in [-0.4, -0.2) is 28.8 Å². The number of rotatable bonds is 3. The maximum absolute atomic E-state index is 13.5. The van der Waals surface area contributed by atoms with Gasteiger partial charge in [-0.15, -0.1) is 0 Å². The first kappa shape index (κ1) is 13.7. The molecule has 0 aromatic heterocycles. The number of hydrogen-bond donors (Lipinski definition) is 0. The maximum atomic E-state index is 13.5. The van der Waals surface area contributed by atoms with Crippen molar-refractivity contribution in [3.63, 3.8) is 0 Å². The van der Waals surface area contributed by atoms with Crippen molar-refractivity contribution >= 4 is 17.8 Å². The van der Waals surface area contributed by atoms with E-state index in [1.165, 1.54) is 12.1 Å². The Kier molecular flexibility index (Phi) is 2.66. The SMILES string of the molecule is CC(F)(F)C1(C(=O)ON2C(=O)c3ccccc3C2=O)CC1. The summed E-state index contributed by atoms with van der Waals surface area (Å²) in [5, 5.41) is 0.263. The summed E-state index contributed by atoms with van der Waals surface area (Å²) in [4.78, 5) is 40.6. The summed E-state index contributed by atoms with van der Waals surface area (Å²) >= 11 is 0. The molecule has 2 aliphatic rings. The third-order valence-electron chi connectivity index (χ3n) is 3.91. The molecule has 3 rings (SSSR count). The first-order valence-corrected chi connectivity index (χ1v) is 6.36. The molecule has 0 N–H and O–H groups in total. The highest BCUT2D eigenvalue weighted by molar-refractivity contribution is 6.20. The minimum Gasteiger partial charge on any atom is -0.329 e. The van der Waals surface area contributed by atoms with Crippen molar-refractivity contribution in [1.82, 2.24) is 5.06 Å². The Hall–Kier alpha value is -2.31. The van der Waals surface area contributed by atoms with E-state index in [0.717, 1.165) is 0 Å². The van der Waals surface area contributed by atoms with Gasteiger partial charge in [-0.25, -0.2) is 13.6 Å². The van der Waals surface area contributed by atoms with Crippen molar-refractivity contribution in [3.8, 4) is 0 Å². The number of hydrogen-bond acceptors (Lipinski definition) is 4. The monoisotopic (exact) mass is 295 g/mol. The van der Waals surface area contributed by atoms with E-state index >= 15 is 0 Å². The molecule has 0 atom stereocenters. The fourth-order valence-electron chi connectivity index (χ4n) is 2.37. The zero-order valence-electron chi connectivity index (χ0n) is 11.1. The highest BCUT2D eigenvalue weighted by Crippen LogP contribution is 2.57. The van der Waals surface area contributed by atoms with E-state index in [-0.39, 0.29) is 29.0 Å². The van der Waals surface area contributed by atoms with E-state index in [1.807, 2.05) is 0 Å². The van der Waals surface area contributed by atoms with Gasteiger partial charge in [0.15, 0.2) is 0 Å². The van der Waals surface area contributed by atoms with Crippen LogP contribution in [0.2, 0.25) is 0 Å². The zero-order chi connectivity index (χ0) is 15.4. The van der Waals surface area contributed by atoms with Crippen LogP contribution in [0.25, 0.3) is 0 Å². The van der Waals surface area contributed by atoms with E-state index in [0.29, 0.717) is 6.92 Å². The molecule has 1 aliphatic heterocycles. The van der Waals surface area contributed by atoms with Crippen LogP contribution in [0.15, 0.2) is 24.3 Å². The molecule has 0 unspecified atom stereocenters. The molecule has 5 nitrogen and oxygen atoms in total. The average Bonchev–Trinajstić information content (AvgIpc) is 3.20. The van der Waals surface area contributed by atoms with Gasteiger partial charge in [-0.05, 0) is 25.0 Å². The first-order chi connectivity index (χ1) is 9.78. The highest BCUT2D eigenvalue weighted by atomic mass is 19.3. The van der Waals surface area contributed by atoms with Gasteiger partial charge in [0, 0.05) is 6.92 Å². The van der Waals surface area contributed by atoms with Crippen LogP contribution in [0.3, 0.4) is 0 Å². The van der Waals surface area contributed by atoms with Crippen LogP contribution in [-0.2, 0) is 9.63 Å². The van der Waals surface area contributed by atoms with E-state index < -0.39 is 29.1 Å². The lowest BCUT2D eigenvalue weighted by Gasteiger charge is -2.22. The minimum absolute atomic E-state index is 0.0293. The van der Waals surface area contributed by atoms with Crippen molar-refractivity contribution in [2.24, 2.45) is 5.41 Å². The van der Waals surface area contributed by atoms with E-state index in [4.69, 9.17) is 0 Å². The summed E-state index contributed by atoms with van der Waals surface area (Å²) in [6, 6.07) is 5.92. The topological polar surface area (TPSA) is 63.7 Å². The Balaban J connectivity index is 1.84. The molecule has 0 saturated heterocycles. The third kappa shape index (κ3) is 1.84. The van der Waals surface area contributed by atoms with Gasteiger partial charge in [-0.3, -0.25) is 9.59 Å². The van der Waals surface area contributed by atoms with Crippen LogP contribution < -0.4 is 0 Å². The molecule has 2 amide bonds. The first-order valence-electron chi connectivity index (χ1n) is 6.36. The summed E-state index contributed by atoms with van der Waals surface area (Å²) in [7, 11) is 0. The lowest BCUT2D eigenvalue weighted by Crippen LogP contribution is -2.41. The fraction of sp³-hybridized carbons (Fsp3) is 0.357. The molecule has 0 spiro atoms. The maximum Gasteiger partial charge on any atom is 0.345 e. The summed E-state index contributed by atoms with van der Waals surface area (Å²) in [6.45, 7) is 0.629. The Labute approximate surface area is 118 Å². The number of amides is 2. The minimum atomic E-state index is -3.26. The Morgan fingerprint density at radius 3 is 2.05 bits per heavy atom. The normalized spacial score (nSPS) is 19.5. The molecule has 7 heteroatoms. The molecule has 1 saturated carbocycles. The van der Waals surface area contributed by atoms with Gasteiger partial charge in [0.25, 0.3) is 17.7 Å². The molecular formula is C14H11F2NO4. The van der Waals surface area contributed by atoms with Crippen LogP contribution in [0, 0.1) is 5.41 Å².